The molecule has 140 valence electrons. The fourth-order valence-electron chi connectivity index (χ4n) is 1.92. The molecule has 0 saturated heterocycles. The van der Waals surface area contributed by atoms with E-state index in [9.17, 15) is 9.59 Å². The van der Waals surface area contributed by atoms with E-state index < -0.39 is 20.3 Å². The average Bonchev–Trinajstić information content (AvgIpc) is 2.52. The van der Waals surface area contributed by atoms with Gasteiger partial charge in [0.15, 0.2) is 8.32 Å². The Balaban J connectivity index is 3.12. The van der Waals surface area contributed by atoms with Gasteiger partial charge in [-0.1, -0.05) is 20.8 Å². The lowest BCUT2D eigenvalue weighted by Gasteiger charge is -2.36. The summed E-state index contributed by atoms with van der Waals surface area (Å²) in [6, 6.07) is 4.94. The maximum Gasteiger partial charge on any atom is 0.338 e. The van der Waals surface area contributed by atoms with Crippen LogP contribution in [-0.2, 0) is 20.5 Å². The fraction of sp³-hybridized carbons (Fsp3) is 0.579. The lowest BCUT2D eigenvalue weighted by Crippen LogP contribution is -2.40. The van der Waals surface area contributed by atoms with Crippen molar-refractivity contribution in [1.29, 1.82) is 0 Å². The molecule has 0 amide bonds. The number of carbonyl (C=O) groups excluding carboxylic acids is 2. The van der Waals surface area contributed by atoms with Gasteiger partial charge in [-0.15, -0.1) is 0 Å². The molecule has 0 saturated carbocycles. The number of ether oxygens (including phenoxy) is 2. The van der Waals surface area contributed by atoms with E-state index >= 15 is 0 Å². The topological polar surface area (TPSA) is 61.8 Å². The van der Waals surface area contributed by atoms with Crippen LogP contribution in [0.1, 0.15) is 60.9 Å². The van der Waals surface area contributed by atoms with Gasteiger partial charge in [0.05, 0.1) is 30.9 Å². The third-order valence-corrected chi connectivity index (χ3v) is 8.90. The van der Waals surface area contributed by atoms with E-state index in [1.807, 2.05) is 0 Å². The van der Waals surface area contributed by atoms with Crippen molar-refractivity contribution in [3.8, 4) is 0 Å². The van der Waals surface area contributed by atoms with Gasteiger partial charge in [-0.05, 0) is 55.7 Å². The highest BCUT2D eigenvalue weighted by Crippen LogP contribution is 2.37. The number of rotatable bonds is 7. The fourth-order valence-corrected chi connectivity index (χ4v) is 2.88. The minimum absolute atomic E-state index is 0.0791. The van der Waals surface area contributed by atoms with Crippen molar-refractivity contribution in [3.05, 3.63) is 34.9 Å². The number of esters is 2. The monoisotopic (exact) mass is 366 g/mol. The zero-order chi connectivity index (χ0) is 19.3. The standard InChI is InChI=1S/C19H30O5Si/c1-8-22-17(20)15-10-14(11-16(12-15)18(21)23-9-2)13-24-25(6,7)19(3,4)5/h10-12H,8-9,13H2,1-7H3. The second-order valence-corrected chi connectivity index (χ2v) is 12.2. The Labute approximate surface area is 151 Å². The molecule has 0 radical (unpaired) electrons. The highest BCUT2D eigenvalue weighted by atomic mass is 28.4. The van der Waals surface area contributed by atoms with Crippen LogP contribution >= 0.6 is 0 Å². The highest BCUT2D eigenvalue weighted by molar-refractivity contribution is 6.74. The number of carbonyl (C=O) groups is 2. The van der Waals surface area contributed by atoms with Crippen LogP contribution in [0.25, 0.3) is 0 Å². The molecule has 0 aliphatic heterocycles. The molecule has 0 unspecified atom stereocenters. The zero-order valence-electron chi connectivity index (χ0n) is 16.4. The van der Waals surface area contributed by atoms with Gasteiger partial charge in [-0.3, -0.25) is 0 Å². The largest absolute Gasteiger partial charge is 0.462 e. The van der Waals surface area contributed by atoms with E-state index in [1.165, 1.54) is 6.07 Å². The molecule has 0 aliphatic rings. The highest BCUT2D eigenvalue weighted by Gasteiger charge is 2.37. The Morgan fingerprint density at radius 2 is 1.36 bits per heavy atom. The van der Waals surface area contributed by atoms with Crippen molar-refractivity contribution in [2.75, 3.05) is 13.2 Å². The molecule has 0 heterocycles. The Morgan fingerprint density at radius 3 is 1.72 bits per heavy atom. The second kappa shape index (κ2) is 8.63. The van der Waals surface area contributed by atoms with Crippen LogP contribution in [-0.4, -0.2) is 33.5 Å². The minimum Gasteiger partial charge on any atom is -0.462 e. The van der Waals surface area contributed by atoms with Crippen LogP contribution < -0.4 is 0 Å². The van der Waals surface area contributed by atoms with Crippen molar-refractivity contribution >= 4 is 20.3 Å². The zero-order valence-corrected chi connectivity index (χ0v) is 17.4. The van der Waals surface area contributed by atoms with Gasteiger partial charge < -0.3 is 13.9 Å². The molecule has 0 spiro atoms. The second-order valence-electron chi connectivity index (χ2n) is 7.41. The molecule has 0 aromatic heterocycles. The van der Waals surface area contributed by atoms with E-state index in [2.05, 4.69) is 33.9 Å². The van der Waals surface area contributed by atoms with Crippen LogP contribution in [0, 0.1) is 0 Å². The molecule has 0 aliphatic carbocycles. The van der Waals surface area contributed by atoms with Crippen LogP contribution in [0.5, 0.6) is 0 Å². The molecule has 0 N–H and O–H groups in total. The quantitative estimate of drug-likeness (QED) is 0.523. The van der Waals surface area contributed by atoms with Gasteiger partial charge in [0.25, 0.3) is 0 Å². The molecular weight excluding hydrogens is 336 g/mol. The lowest BCUT2D eigenvalue weighted by molar-refractivity contribution is 0.0525. The molecule has 0 fully saturated rings. The summed E-state index contributed by atoms with van der Waals surface area (Å²) in [7, 11) is -1.94. The summed E-state index contributed by atoms with van der Waals surface area (Å²) >= 11 is 0. The summed E-state index contributed by atoms with van der Waals surface area (Å²) in [5, 5.41) is 0.0791. The predicted octanol–water partition coefficient (Wildman–Crippen LogP) is 4.56. The minimum atomic E-state index is -1.94. The molecular formula is C19H30O5Si. The molecule has 0 atom stereocenters. The first-order valence-electron chi connectivity index (χ1n) is 8.64. The van der Waals surface area contributed by atoms with Crippen molar-refractivity contribution in [2.45, 2.75) is 59.4 Å². The maximum atomic E-state index is 12.1. The van der Waals surface area contributed by atoms with Gasteiger partial charge in [0.2, 0.25) is 0 Å². The van der Waals surface area contributed by atoms with Crippen molar-refractivity contribution in [1.82, 2.24) is 0 Å². The lowest BCUT2D eigenvalue weighted by atomic mass is 10.1. The van der Waals surface area contributed by atoms with Crippen molar-refractivity contribution in [3.63, 3.8) is 0 Å². The van der Waals surface area contributed by atoms with Crippen molar-refractivity contribution in [2.24, 2.45) is 0 Å². The summed E-state index contributed by atoms with van der Waals surface area (Å²) in [6.07, 6.45) is 0. The Bertz CT molecular complexity index is 580. The SMILES string of the molecule is CCOC(=O)c1cc(CO[Si](C)(C)C(C)(C)C)cc(C(=O)OCC)c1. The van der Waals surface area contributed by atoms with Gasteiger partial charge in [0.1, 0.15) is 0 Å². The number of hydrogen-bond acceptors (Lipinski definition) is 5. The molecule has 6 heteroatoms. The first-order valence-corrected chi connectivity index (χ1v) is 11.5. The summed E-state index contributed by atoms with van der Waals surface area (Å²) in [5.74, 6) is -0.913. The van der Waals surface area contributed by atoms with Crippen LogP contribution in [0.3, 0.4) is 0 Å². The van der Waals surface area contributed by atoms with Crippen molar-refractivity contribution < 1.29 is 23.5 Å². The van der Waals surface area contributed by atoms with E-state index in [0.717, 1.165) is 5.56 Å². The smallest absolute Gasteiger partial charge is 0.338 e. The molecule has 1 aromatic rings. The van der Waals surface area contributed by atoms with Crippen LogP contribution in [0.2, 0.25) is 18.1 Å². The van der Waals surface area contributed by atoms with Crippen LogP contribution in [0.4, 0.5) is 0 Å². The van der Waals surface area contributed by atoms with Gasteiger partial charge in [-0.2, -0.15) is 0 Å². The molecule has 1 rings (SSSR count). The summed E-state index contributed by atoms with van der Waals surface area (Å²) < 4.78 is 16.3. The number of benzene rings is 1. The predicted molar refractivity (Wildman–Crippen MR) is 100 cm³/mol. The Hall–Kier alpha value is -1.66. The molecule has 1 aromatic carbocycles. The summed E-state index contributed by atoms with van der Waals surface area (Å²) in [6.45, 7) is 15.2. The summed E-state index contributed by atoms with van der Waals surface area (Å²) in [5.41, 5.74) is 1.43. The first kappa shape index (κ1) is 21.4. The van der Waals surface area contributed by atoms with E-state index in [4.69, 9.17) is 13.9 Å². The number of hydrogen-bond donors (Lipinski definition) is 0. The summed E-state index contributed by atoms with van der Waals surface area (Å²) in [4.78, 5) is 24.2. The Morgan fingerprint density at radius 1 is 0.920 bits per heavy atom. The van der Waals surface area contributed by atoms with Gasteiger partial charge in [-0.25, -0.2) is 9.59 Å². The van der Waals surface area contributed by atoms with Crippen LogP contribution in [0.15, 0.2) is 18.2 Å². The van der Waals surface area contributed by atoms with E-state index in [0.29, 0.717) is 17.7 Å². The van der Waals surface area contributed by atoms with E-state index in [-0.39, 0.29) is 18.3 Å². The third kappa shape index (κ3) is 5.97. The molecule has 5 nitrogen and oxygen atoms in total. The average molecular weight is 367 g/mol. The van der Waals surface area contributed by atoms with Gasteiger partial charge in [0, 0.05) is 0 Å². The van der Waals surface area contributed by atoms with Gasteiger partial charge >= 0.3 is 11.9 Å². The third-order valence-electron chi connectivity index (χ3n) is 4.42. The van der Waals surface area contributed by atoms with E-state index in [1.54, 1.807) is 26.0 Å². The first-order chi connectivity index (χ1) is 11.5. The maximum absolute atomic E-state index is 12.1. The Kier molecular flexibility index (Phi) is 7.38. The molecule has 25 heavy (non-hydrogen) atoms. The normalized spacial score (nSPS) is 12.0. The molecule has 0 bridgehead atoms.